The van der Waals surface area contributed by atoms with E-state index >= 15 is 0 Å². The first-order valence-corrected chi connectivity index (χ1v) is 7.34. The molecule has 0 radical (unpaired) electrons. The molecule has 2 nitrogen and oxygen atoms in total. The minimum absolute atomic E-state index is 0.0217. The summed E-state index contributed by atoms with van der Waals surface area (Å²) in [5.74, 6) is 0.389. The van der Waals surface area contributed by atoms with Crippen LogP contribution in [0, 0.1) is 5.41 Å². The smallest absolute Gasteiger partial charge is 0.138 e. The zero-order valence-corrected chi connectivity index (χ0v) is 13.7. The molecular formula is C16H33NO. The van der Waals surface area contributed by atoms with Crippen LogP contribution in [0.2, 0.25) is 0 Å². The quantitative estimate of drug-likeness (QED) is 0.733. The standard InChI is InChI=1S/C16H33NO/c1-9-13(18)15(7,10-2)12-16(8,11-3)17-14(4,5)6/h17H,9-12H2,1-8H3. The van der Waals surface area contributed by atoms with Gasteiger partial charge in [0.1, 0.15) is 5.78 Å². The number of rotatable bonds is 7. The second kappa shape index (κ2) is 6.18. The Morgan fingerprint density at radius 1 is 0.944 bits per heavy atom. The molecular weight excluding hydrogens is 222 g/mol. The highest BCUT2D eigenvalue weighted by molar-refractivity contribution is 5.84. The summed E-state index contributed by atoms with van der Waals surface area (Å²) in [7, 11) is 0. The Hall–Kier alpha value is -0.370. The van der Waals surface area contributed by atoms with Crippen molar-refractivity contribution in [1.29, 1.82) is 0 Å². The molecule has 0 aromatic rings. The van der Waals surface area contributed by atoms with Crippen LogP contribution in [-0.2, 0) is 4.79 Å². The molecule has 2 heteroatoms. The van der Waals surface area contributed by atoms with Crippen LogP contribution in [0.15, 0.2) is 0 Å². The van der Waals surface area contributed by atoms with Crippen LogP contribution in [-0.4, -0.2) is 16.9 Å². The Morgan fingerprint density at radius 3 is 1.72 bits per heavy atom. The molecule has 1 N–H and O–H groups in total. The van der Waals surface area contributed by atoms with Gasteiger partial charge in [0.05, 0.1) is 0 Å². The molecule has 0 spiro atoms. The largest absolute Gasteiger partial charge is 0.307 e. The van der Waals surface area contributed by atoms with Gasteiger partial charge in [-0.25, -0.2) is 0 Å². The molecule has 0 heterocycles. The highest BCUT2D eigenvalue weighted by Crippen LogP contribution is 2.36. The van der Waals surface area contributed by atoms with Gasteiger partial charge in [-0.1, -0.05) is 27.7 Å². The van der Waals surface area contributed by atoms with Crippen molar-refractivity contribution in [3.05, 3.63) is 0 Å². The molecule has 0 saturated carbocycles. The lowest BCUT2D eigenvalue weighted by Gasteiger charge is -2.42. The number of Topliss-reactive ketones (excluding diaryl/α,β-unsaturated/α-hetero) is 1. The SMILES string of the molecule is CCC(=O)C(C)(CC)CC(C)(CC)NC(C)(C)C. The fraction of sp³-hybridized carbons (Fsp3) is 0.938. The summed E-state index contributed by atoms with van der Waals surface area (Å²) in [5.41, 5.74) is -0.0970. The maximum atomic E-state index is 12.2. The van der Waals surface area contributed by atoms with E-state index in [1.165, 1.54) is 0 Å². The van der Waals surface area contributed by atoms with Gasteiger partial charge < -0.3 is 5.32 Å². The molecule has 0 fully saturated rings. The maximum Gasteiger partial charge on any atom is 0.138 e. The highest BCUT2D eigenvalue weighted by atomic mass is 16.1. The normalized spacial score (nSPS) is 19.1. The molecule has 0 amide bonds. The van der Waals surface area contributed by atoms with Gasteiger partial charge in [-0.3, -0.25) is 4.79 Å². The predicted octanol–water partition coefficient (Wildman–Crippen LogP) is 4.33. The number of ketones is 1. The summed E-state index contributed by atoms with van der Waals surface area (Å²) in [6.07, 6.45) is 3.51. The molecule has 0 saturated heterocycles. The van der Waals surface area contributed by atoms with Gasteiger partial charge in [-0.05, 0) is 47.0 Å². The predicted molar refractivity (Wildman–Crippen MR) is 79.9 cm³/mol. The van der Waals surface area contributed by atoms with E-state index < -0.39 is 0 Å². The Labute approximate surface area is 114 Å². The summed E-state index contributed by atoms with van der Waals surface area (Å²) >= 11 is 0. The van der Waals surface area contributed by atoms with E-state index in [0.717, 1.165) is 19.3 Å². The van der Waals surface area contributed by atoms with Gasteiger partial charge in [-0.2, -0.15) is 0 Å². The molecule has 108 valence electrons. The van der Waals surface area contributed by atoms with Gasteiger partial charge in [-0.15, -0.1) is 0 Å². The third kappa shape index (κ3) is 5.09. The lowest BCUT2D eigenvalue weighted by Crippen LogP contribution is -2.54. The highest BCUT2D eigenvalue weighted by Gasteiger charge is 2.38. The lowest BCUT2D eigenvalue weighted by atomic mass is 9.71. The summed E-state index contributed by atoms with van der Waals surface area (Å²) in [6.45, 7) is 17.2. The maximum absolute atomic E-state index is 12.2. The van der Waals surface area contributed by atoms with Crippen LogP contribution < -0.4 is 5.32 Å². The number of carbonyl (C=O) groups excluding carboxylic acids is 1. The second-order valence-electron chi connectivity index (χ2n) is 7.16. The van der Waals surface area contributed by atoms with Crippen LogP contribution in [0.5, 0.6) is 0 Å². The van der Waals surface area contributed by atoms with Gasteiger partial charge in [0.25, 0.3) is 0 Å². The van der Waals surface area contributed by atoms with Crippen LogP contribution in [0.3, 0.4) is 0 Å². The number of carbonyl (C=O) groups is 1. The first kappa shape index (κ1) is 17.6. The third-order valence-electron chi connectivity index (χ3n) is 4.01. The van der Waals surface area contributed by atoms with Crippen LogP contribution in [0.25, 0.3) is 0 Å². The summed E-state index contributed by atoms with van der Waals surface area (Å²) < 4.78 is 0. The summed E-state index contributed by atoms with van der Waals surface area (Å²) in [6, 6.07) is 0. The Morgan fingerprint density at radius 2 is 1.44 bits per heavy atom. The summed E-state index contributed by atoms with van der Waals surface area (Å²) in [4.78, 5) is 12.2. The van der Waals surface area contributed by atoms with Gasteiger partial charge >= 0.3 is 0 Å². The van der Waals surface area contributed by atoms with Gasteiger partial charge in [0.2, 0.25) is 0 Å². The van der Waals surface area contributed by atoms with Crippen molar-refractivity contribution in [2.24, 2.45) is 5.41 Å². The van der Waals surface area contributed by atoms with Crippen molar-refractivity contribution in [3.8, 4) is 0 Å². The van der Waals surface area contributed by atoms with E-state index in [1.807, 2.05) is 6.92 Å². The minimum atomic E-state index is -0.197. The minimum Gasteiger partial charge on any atom is -0.307 e. The Bertz CT molecular complexity index is 279. The van der Waals surface area contributed by atoms with Crippen LogP contribution in [0.4, 0.5) is 0 Å². The molecule has 18 heavy (non-hydrogen) atoms. The van der Waals surface area contributed by atoms with Crippen molar-refractivity contribution >= 4 is 5.78 Å². The fourth-order valence-corrected chi connectivity index (χ4v) is 2.87. The van der Waals surface area contributed by atoms with Gasteiger partial charge in [0, 0.05) is 22.9 Å². The molecule has 2 unspecified atom stereocenters. The Balaban J connectivity index is 5.04. The van der Waals surface area contributed by atoms with E-state index in [4.69, 9.17) is 0 Å². The van der Waals surface area contributed by atoms with Gasteiger partial charge in [0.15, 0.2) is 0 Å². The zero-order chi connectivity index (χ0) is 14.6. The molecule has 0 aliphatic rings. The van der Waals surface area contributed by atoms with Crippen molar-refractivity contribution in [1.82, 2.24) is 5.32 Å². The van der Waals surface area contributed by atoms with Crippen molar-refractivity contribution in [2.75, 3.05) is 0 Å². The fourth-order valence-electron chi connectivity index (χ4n) is 2.87. The number of nitrogens with one attached hydrogen (secondary N) is 1. The van der Waals surface area contributed by atoms with Crippen molar-refractivity contribution < 1.29 is 4.79 Å². The molecule has 0 aliphatic carbocycles. The molecule has 0 aliphatic heterocycles. The molecule has 2 atom stereocenters. The average Bonchev–Trinajstić information content (AvgIpc) is 2.25. The first-order valence-electron chi connectivity index (χ1n) is 7.34. The summed E-state index contributed by atoms with van der Waals surface area (Å²) in [5, 5.41) is 3.70. The van der Waals surface area contributed by atoms with Crippen molar-refractivity contribution in [2.45, 2.75) is 92.2 Å². The Kier molecular flexibility index (Phi) is 6.06. The van der Waals surface area contributed by atoms with E-state index in [-0.39, 0.29) is 16.5 Å². The molecule has 0 bridgehead atoms. The monoisotopic (exact) mass is 255 g/mol. The first-order chi connectivity index (χ1) is 8.02. The van der Waals surface area contributed by atoms with E-state index in [0.29, 0.717) is 12.2 Å². The molecule has 0 aromatic heterocycles. The topological polar surface area (TPSA) is 29.1 Å². The number of hydrogen-bond acceptors (Lipinski definition) is 2. The second-order valence-corrected chi connectivity index (χ2v) is 7.16. The molecule has 0 aromatic carbocycles. The van der Waals surface area contributed by atoms with E-state index in [2.05, 4.69) is 53.8 Å². The van der Waals surface area contributed by atoms with Crippen molar-refractivity contribution in [3.63, 3.8) is 0 Å². The molecule has 0 rings (SSSR count). The average molecular weight is 255 g/mol. The van der Waals surface area contributed by atoms with E-state index in [1.54, 1.807) is 0 Å². The zero-order valence-electron chi connectivity index (χ0n) is 13.7. The lowest BCUT2D eigenvalue weighted by molar-refractivity contribution is -0.129. The number of hydrogen-bond donors (Lipinski definition) is 1. The van der Waals surface area contributed by atoms with Crippen LogP contribution in [0.1, 0.15) is 81.1 Å². The van der Waals surface area contributed by atoms with E-state index in [9.17, 15) is 4.79 Å². The third-order valence-corrected chi connectivity index (χ3v) is 4.01. The van der Waals surface area contributed by atoms with Crippen LogP contribution >= 0.6 is 0 Å².